The molecule has 0 fully saturated rings. The normalized spacial score (nSPS) is 10.2. The van der Waals surface area contributed by atoms with Crippen LogP contribution in [-0.2, 0) is 6.54 Å². The number of pyridine rings is 1. The third-order valence-corrected chi connectivity index (χ3v) is 3.16. The molecule has 5 heteroatoms. The Hall–Kier alpha value is -2.56. The highest BCUT2D eigenvalue weighted by Crippen LogP contribution is 2.15. The van der Waals surface area contributed by atoms with Crippen LogP contribution in [0, 0.1) is 0 Å². The number of benzene rings is 1. The van der Waals surface area contributed by atoms with Crippen molar-refractivity contribution in [3.8, 4) is 0 Å². The van der Waals surface area contributed by atoms with E-state index in [-0.39, 0.29) is 5.91 Å². The minimum atomic E-state index is -0.0486. The lowest BCUT2D eigenvalue weighted by atomic mass is 10.2. The van der Waals surface area contributed by atoms with Gasteiger partial charge in [0, 0.05) is 39.6 Å². The van der Waals surface area contributed by atoms with Crippen LogP contribution < -0.4 is 10.6 Å². The summed E-state index contributed by atoms with van der Waals surface area (Å²) in [5.41, 5.74) is 8.23. The number of aromatic nitrogens is 1. The minimum absolute atomic E-state index is 0.0486. The lowest BCUT2D eigenvalue weighted by molar-refractivity contribution is 0.0827. The van der Waals surface area contributed by atoms with Crippen molar-refractivity contribution in [2.24, 2.45) is 0 Å². The van der Waals surface area contributed by atoms with Gasteiger partial charge in [-0.15, -0.1) is 0 Å². The average molecular weight is 284 g/mol. The molecule has 0 atom stereocenters. The Balaban J connectivity index is 2.09. The van der Waals surface area contributed by atoms with Crippen molar-refractivity contribution in [1.29, 1.82) is 0 Å². The van der Waals surface area contributed by atoms with Crippen molar-refractivity contribution in [3.63, 3.8) is 0 Å². The number of hydrogen-bond donors (Lipinski definition) is 1. The van der Waals surface area contributed by atoms with Crippen LogP contribution >= 0.6 is 0 Å². The first-order chi connectivity index (χ1) is 9.97. The molecule has 5 nitrogen and oxygen atoms in total. The van der Waals surface area contributed by atoms with E-state index in [0.717, 1.165) is 17.1 Å². The quantitative estimate of drug-likeness (QED) is 0.872. The van der Waals surface area contributed by atoms with Gasteiger partial charge in [0.15, 0.2) is 0 Å². The Morgan fingerprint density at radius 3 is 2.52 bits per heavy atom. The van der Waals surface area contributed by atoms with Gasteiger partial charge >= 0.3 is 0 Å². The van der Waals surface area contributed by atoms with Crippen molar-refractivity contribution in [2.75, 3.05) is 31.8 Å². The van der Waals surface area contributed by atoms with Crippen LogP contribution in [0.25, 0.3) is 0 Å². The fraction of sp³-hybridized carbons (Fsp3) is 0.250. The molecule has 21 heavy (non-hydrogen) atoms. The number of nitrogens with zero attached hydrogens (tertiary/aromatic N) is 3. The van der Waals surface area contributed by atoms with Crippen LogP contribution in [0.4, 0.5) is 11.5 Å². The van der Waals surface area contributed by atoms with Crippen LogP contribution in [-0.4, -0.2) is 36.9 Å². The lowest BCUT2D eigenvalue weighted by Crippen LogP contribution is -2.22. The predicted molar refractivity (Wildman–Crippen MR) is 85.2 cm³/mol. The Kier molecular flexibility index (Phi) is 4.42. The number of carbonyl (C=O) groups excluding carboxylic acids is 1. The Labute approximate surface area is 125 Å². The van der Waals surface area contributed by atoms with Crippen molar-refractivity contribution >= 4 is 17.4 Å². The van der Waals surface area contributed by atoms with Gasteiger partial charge in [-0.1, -0.05) is 12.1 Å². The van der Waals surface area contributed by atoms with E-state index in [1.807, 2.05) is 42.3 Å². The first-order valence-electron chi connectivity index (χ1n) is 6.70. The lowest BCUT2D eigenvalue weighted by Gasteiger charge is -2.19. The van der Waals surface area contributed by atoms with Crippen LogP contribution in [0.15, 0.2) is 42.6 Å². The summed E-state index contributed by atoms with van der Waals surface area (Å²) in [4.78, 5) is 19.7. The maximum absolute atomic E-state index is 11.8. The van der Waals surface area contributed by atoms with Crippen LogP contribution in [0.1, 0.15) is 15.9 Å². The van der Waals surface area contributed by atoms with E-state index in [1.54, 1.807) is 26.4 Å². The predicted octanol–water partition coefficient (Wildman–Crippen LogP) is 2.00. The van der Waals surface area contributed by atoms with E-state index < -0.39 is 0 Å². The molecule has 1 amide bonds. The van der Waals surface area contributed by atoms with Gasteiger partial charge in [0.2, 0.25) is 0 Å². The van der Waals surface area contributed by atoms with Crippen LogP contribution in [0.3, 0.4) is 0 Å². The molecule has 0 spiro atoms. The largest absolute Gasteiger partial charge is 0.399 e. The number of carbonyl (C=O) groups is 1. The standard InChI is InChI=1S/C16H20N4O/c1-19(2)16(21)13-7-8-15(18-10-13)20(3)11-12-5-4-6-14(17)9-12/h4-10H,11,17H2,1-3H3. The summed E-state index contributed by atoms with van der Waals surface area (Å²) in [5, 5.41) is 0. The number of rotatable bonds is 4. The third-order valence-electron chi connectivity index (χ3n) is 3.16. The molecule has 110 valence electrons. The number of amides is 1. The maximum atomic E-state index is 11.8. The Bertz CT molecular complexity index is 622. The highest BCUT2D eigenvalue weighted by molar-refractivity contribution is 5.93. The zero-order chi connectivity index (χ0) is 15.4. The Morgan fingerprint density at radius 2 is 1.95 bits per heavy atom. The number of nitrogens with two attached hydrogens (primary N) is 1. The van der Waals surface area contributed by atoms with Gasteiger partial charge in [-0.05, 0) is 29.8 Å². The number of nitrogen functional groups attached to an aromatic ring is 1. The van der Waals surface area contributed by atoms with E-state index >= 15 is 0 Å². The van der Waals surface area contributed by atoms with Crippen molar-refractivity contribution in [3.05, 3.63) is 53.7 Å². The fourth-order valence-electron chi connectivity index (χ4n) is 2.04. The molecule has 2 rings (SSSR count). The van der Waals surface area contributed by atoms with E-state index in [4.69, 9.17) is 5.73 Å². The minimum Gasteiger partial charge on any atom is -0.399 e. The fourth-order valence-corrected chi connectivity index (χ4v) is 2.04. The maximum Gasteiger partial charge on any atom is 0.254 e. The monoisotopic (exact) mass is 284 g/mol. The molecular weight excluding hydrogens is 264 g/mol. The molecule has 2 N–H and O–H groups in total. The molecule has 0 bridgehead atoms. The smallest absolute Gasteiger partial charge is 0.254 e. The number of anilines is 2. The summed E-state index contributed by atoms with van der Waals surface area (Å²) in [6, 6.07) is 11.4. The van der Waals surface area contributed by atoms with Gasteiger partial charge in [-0.25, -0.2) is 4.98 Å². The summed E-state index contributed by atoms with van der Waals surface area (Å²) in [5.74, 6) is 0.764. The molecule has 1 aromatic heterocycles. The molecule has 0 aliphatic rings. The van der Waals surface area contributed by atoms with Gasteiger partial charge in [-0.3, -0.25) is 4.79 Å². The molecule has 0 saturated heterocycles. The zero-order valence-corrected chi connectivity index (χ0v) is 12.6. The molecule has 0 aliphatic heterocycles. The summed E-state index contributed by atoms with van der Waals surface area (Å²) < 4.78 is 0. The second kappa shape index (κ2) is 6.26. The first-order valence-corrected chi connectivity index (χ1v) is 6.70. The second-order valence-corrected chi connectivity index (χ2v) is 5.21. The highest BCUT2D eigenvalue weighted by atomic mass is 16.2. The SMILES string of the molecule is CN(C)C(=O)c1ccc(N(C)Cc2cccc(N)c2)nc1. The van der Waals surface area contributed by atoms with E-state index in [0.29, 0.717) is 12.1 Å². The van der Waals surface area contributed by atoms with Gasteiger partial charge in [0.25, 0.3) is 5.91 Å². The van der Waals surface area contributed by atoms with Gasteiger partial charge in [0.1, 0.15) is 5.82 Å². The summed E-state index contributed by atoms with van der Waals surface area (Å²) in [6.45, 7) is 0.707. The second-order valence-electron chi connectivity index (χ2n) is 5.21. The molecule has 0 saturated carbocycles. The number of hydrogen-bond acceptors (Lipinski definition) is 4. The summed E-state index contributed by atoms with van der Waals surface area (Å²) in [7, 11) is 5.41. The molecule has 0 unspecified atom stereocenters. The van der Waals surface area contributed by atoms with Gasteiger partial charge < -0.3 is 15.5 Å². The average Bonchev–Trinajstić information content (AvgIpc) is 2.46. The van der Waals surface area contributed by atoms with Crippen molar-refractivity contribution in [2.45, 2.75) is 6.54 Å². The van der Waals surface area contributed by atoms with Crippen LogP contribution in [0.2, 0.25) is 0 Å². The zero-order valence-electron chi connectivity index (χ0n) is 12.6. The summed E-state index contributed by atoms with van der Waals surface area (Å²) in [6.07, 6.45) is 1.60. The third kappa shape index (κ3) is 3.72. The molecule has 2 aromatic rings. The molecular formula is C16H20N4O. The molecule has 1 heterocycles. The van der Waals surface area contributed by atoms with Crippen molar-refractivity contribution in [1.82, 2.24) is 9.88 Å². The Morgan fingerprint density at radius 1 is 1.19 bits per heavy atom. The summed E-state index contributed by atoms with van der Waals surface area (Å²) >= 11 is 0. The highest BCUT2D eigenvalue weighted by Gasteiger charge is 2.09. The molecule has 0 aliphatic carbocycles. The molecule has 0 radical (unpaired) electrons. The van der Waals surface area contributed by atoms with Gasteiger partial charge in [0.05, 0.1) is 5.56 Å². The molecule has 1 aromatic carbocycles. The van der Waals surface area contributed by atoms with E-state index in [9.17, 15) is 4.79 Å². The van der Waals surface area contributed by atoms with Crippen LogP contribution in [0.5, 0.6) is 0 Å². The van der Waals surface area contributed by atoms with Crippen molar-refractivity contribution < 1.29 is 4.79 Å². The van der Waals surface area contributed by atoms with E-state index in [1.165, 1.54) is 4.90 Å². The first kappa shape index (κ1) is 14.8. The van der Waals surface area contributed by atoms with E-state index in [2.05, 4.69) is 4.98 Å². The topological polar surface area (TPSA) is 62.5 Å². The van der Waals surface area contributed by atoms with Gasteiger partial charge in [-0.2, -0.15) is 0 Å².